The molecule has 19 heavy (non-hydrogen) atoms. The first kappa shape index (κ1) is 12.6. The van der Waals surface area contributed by atoms with Gasteiger partial charge >= 0.3 is 0 Å². The third-order valence-electron chi connectivity index (χ3n) is 5.98. The van der Waals surface area contributed by atoms with E-state index < -0.39 is 0 Å². The van der Waals surface area contributed by atoms with E-state index in [1.165, 1.54) is 58.0 Å². The molecule has 0 aromatic rings. The molecule has 2 aliphatic heterocycles. The summed E-state index contributed by atoms with van der Waals surface area (Å²) in [6, 6.07) is 2.21. The summed E-state index contributed by atoms with van der Waals surface area (Å²) in [5.41, 5.74) is 0.278. The Morgan fingerprint density at radius 2 is 1.84 bits per heavy atom. The van der Waals surface area contributed by atoms with Crippen molar-refractivity contribution in [1.29, 1.82) is 0 Å². The van der Waals surface area contributed by atoms with Crippen LogP contribution < -0.4 is 16.0 Å². The van der Waals surface area contributed by atoms with Crippen molar-refractivity contribution in [2.75, 3.05) is 26.2 Å². The van der Waals surface area contributed by atoms with Gasteiger partial charge in [-0.15, -0.1) is 0 Å². The highest BCUT2D eigenvalue weighted by Gasteiger charge is 2.52. The summed E-state index contributed by atoms with van der Waals surface area (Å²) in [6.07, 6.45) is 9.70. The molecule has 3 N–H and O–H groups in total. The molecule has 0 aromatic heterocycles. The molecule has 0 radical (unpaired) electrons. The first-order valence-electron chi connectivity index (χ1n) is 8.39. The van der Waals surface area contributed by atoms with Crippen LogP contribution in [0, 0.1) is 0 Å². The SMILES string of the molecule is C1CCC2C(C1)NCCN2C12CCCC1NCCN2. The topological polar surface area (TPSA) is 39.3 Å². The minimum Gasteiger partial charge on any atom is -0.311 e. The van der Waals surface area contributed by atoms with Gasteiger partial charge in [-0.25, -0.2) is 0 Å². The van der Waals surface area contributed by atoms with Crippen molar-refractivity contribution in [2.24, 2.45) is 0 Å². The van der Waals surface area contributed by atoms with Crippen LogP contribution in [0.2, 0.25) is 0 Å². The first-order valence-corrected chi connectivity index (χ1v) is 8.39. The maximum atomic E-state index is 3.93. The molecule has 2 saturated carbocycles. The Balaban J connectivity index is 1.61. The van der Waals surface area contributed by atoms with Crippen molar-refractivity contribution in [2.45, 2.75) is 68.7 Å². The third kappa shape index (κ3) is 1.96. The molecule has 4 unspecified atom stereocenters. The Hall–Kier alpha value is -0.160. The van der Waals surface area contributed by atoms with Gasteiger partial charge in [0.25, 0.3) is 0 Å². The lowest BCUT2D eigenvalue weighted by Gasteiger charge is -2.56. The minimum absolute atomic E-state index is 0.278. The standard InChI is InChI=1S/C15H28N4/c1-2-5-13-12(4-1)16-10-11-19(13)15-7-3-6-14(15)17-8-9-18-15/h12-14,16-18H,1-11H2. The van der Waals surface area contributed by atoms with Crippen LogP contribution in [0.4, 0.5) is 0 Å². The largest absolute Gasteiger partial charge is 0.311 e. The summed E-state index contributed by atoms with van der Waals surface area (Å²) in [7, 11) is 0. The van der Waals surface area contributed by atoms with Crippen molar-refractivity contribution in [3.8, 4) is 0 Å². The number of piperazine rings is 2. The van der Waals surface area contributed by atoms with Crippen LogP contribution in [0.15, 0.2) is 0 Å². The van der Waals surface area contributed by atoms with E-state index in [0.717, 1.165) is 25.2 Å². The van der Waals surface area contributed by atoms with E-state index in [1.54, 1.807) is 0 Å². The number of fused-ring (bicyclic) bond motifs is 2. The quantitative estimate of drug-likeness (QED) is 0.650. The fraction of sp³-hybridized carbons (Fsp3) is 1.00. The monoisotopic (exact) mass is 264 g/mol. The fourth-order valence-electron chi connectivity index (χ4n) is 5.20. The van der Waals surface area contributed by atoms with E-state index in [4.69, 9.17) is 0 Å². The van der Waals surface area contributed by atoms with Gasteiger partial charge in [0.15, 0.2) is 0 Å². The zero-order valence-corrected chi connectivity index (χ0v) is 12.0. The van der Waals surface area contributed by atoms with Crippen LogP contribution in [-0.4, -0.2) is 54.9 Å². The lowest BCUT2D eigenvalue weighted by molar-refractivity contribution is -0.0506. The average Bonchev–Trinajstić information content (AvgIpc) is 2.91. The molecular formula is C15H28N4. The van der Waals surface area contributed by atoms with Gasteiger partial charge in [0, 0.05) is 44.3 Å². The molecule has 0 spiro atoms. The van der Waals surface area contributed by atoms with Gasteiger partial charge in [-0.2, -0.15) is 0 Å². The molecule has 4 aliphatic rings. The van der Waals surface area contributed by atoms with Crippen molar-refractivity contribution < 1.29 is 0 Å². The van der Waals surface area contributed by atoms with Crippen LogP contribution in [0.25, 0.3) is 0 Å². The van der Waals surface area contributed by atoms with Gasteiger partial charge in [0.05, 0.1) is 5.66 Å². The van der Waals surface area contributed by atoms with E-state index in [-0.39, 0.29) is 5.66 Å². The van der Waals surface area contributed by atoms with Gasteiger partial charge in [-0.3, -0.25) is 10.2 Å². The molecular weight excluding hydrogens is 236 g/mol. The second kappa shape index (κ2) is 4.99. The second-order valence-electron chi connectivity index (χ2n) is 6.86. The smallest absolute Gasteiger partial charge is 0.0873 e. The molecule has 4 atom stereocenters. The van der Waals surface area contributed by atoms with Crippen LogP contribution in [0.5, 0.6) is 0 Å². The summed E-state index contributed by atoms with van der Waals surface area (Å²) < 4.78 is 0. The molecule has 4 heteroatoms. The van der Waals surface area contributed by atoms with Gasteiger partial charge in [-0.1, -0.05) is 12.8 Å². The molecule has 0 amide bonds. The van der Waals surface area contributed by atoms with Gasteiger partial charge in [-0.05, 0) is 32.1 Å². The highest BCUT2D eigenvalue weighted by molar-refractivity contribution is 5.09. The fourth-order valence-corrected chi connectivity index (χ4v) is 5.20. The number of hydrogen-bond acceptors (Lipinski definition) is 4. The van der Waals surface area contributed by atoms with Crippen LogP contribution >= 0.6 is 0 Å². The molecule has 108 valence electrons. The van der Waals surface area contributed by atoms with Crippen molar-refractivity contribution in [1.82, 2.24) is 20.9 Å². The van der Waals surface area contributed by atoms with Crippen molar-refractivity contribution >= 4 is 0 Å². The van der Waals surface area contributed by atoms with Crippen LogP contribution in [-0.2, 0) is 0 Å². The summed E-state index contributed by atoms with van der Waals surface area (Å²) >= 11 is 0. The lowest BCUT2D eigenvalue weighted by Crippen LogP contribution is -2.76. The third-order valence-corrected chi connectivity index (χ3v) is 5.98. The van der Waals surface area contributed by atoms with E-state index in [0.29, 0.717) is 6.04 Å². The van der Waals surface area contributed by atoms with Gasteiger partial charge < -0.3 is 10.6 Å². The molecule has 2 saturated heterocycles. The molecule has 2 heterocycles. The zero-order valence-electron chi connectivity index (χ0n) is 12.0. The normalized spacial score (nSPS) is 47.7. The van der Waals surface area contributed by atoms with Gasteiger partial charge in [0.1, 0.15) is 0 Å². The molecule has 4 fully saturated rings. The van der Waals surface area contributed by atoms with Crippen LogP contribution in [0.3, 0.4) is 0 Å². The van der Waals surface area contributed by atoms with Crippen molar-refractivity contribution in [3.05, 3.63) is 0 Å². The average molecular weight is 264 g/mol. The first-order chi connectivity index (χ1) is 9.40. The van der Waals surface area contributed by atoms with Crippen LogP contribution in [0.1, 0.15) is 44.9 Å². The predicted molar refractivity (Wildman–Crippen MR) is 77.1 cm³/mol. The maximum absolute atomic E-state index is 3.93. The second-order valence-corrected chi connectivity index (χ2v) is 6.86. The Kier molecular flexibility index (Phi) is 3.30. The zero-order chi connectivity index (χ0) is 12.7. The number of nitrogens with one attached hydrogen (secondary N) is 3. The minimum atomic E-state index is 0.278. The summed E-state index contributed by atoms with van der Waals surface area (Å²) in [4.78, 5) is 2.87. The molecule has 2 aliphatic carbocycles. The van der Waals surface area contributed by atoms with E-state index in [1.807, 2.05) is 0 Å². The van der Waals surface area contributed by atoms with E-state index >= 15 is 0 Å². The summed E-state index contributed by atoms with van der Waals surface area (Å²) in [5.74, 6) is 0. The maximum Gasteiger partial charge on any atom is 0.0873 e. The molecule has 4 rings (SSSR count). The predicted octanol–water partition coefficient (Wildman–Crippen LogP) is 0.644. The summed E-state index contributed by atoms with van der Waals surface area (Å²) in [5, 5.41) is 11.5. The Morgan fingerprint density at radius 3 is 2.84 bits per heavy atom. The number of nitrogens with zero attached hydrogens (tertiary/aromatic N) is 1. The Labute approximate surface area is 116 Å². The Morgan fingerprint density at radius 1 is 0.895 bits per heavy atom. The van der Waals surface area contributed by atoms with E-state index in [9.17, 15) is 0 Å². The molecule has 0 aromatic carbocycles. The van der Waals surface area contributed by atoms with Gasteiger partial charge in [0.2, 0.25) is 0 Å². The lowest BCUT2D eigenvalue weighted by atomic mass is 9.84. The highest BCUT2D eigenvalue weighted by atomic mass is 15.4. The van der Waals surface area contributed by atoms with Crippen molar-refractivity contribution in [3.63, 3.8) is 0 Å². The Bertz CT molecular complexity index is 332. The summed E-state index contributed by atoms with van der Waals surface area (Å²) in [6.45, 7) is 4.69. The number of hydrogen-bond donors (Lipinski definition) is 3. The number of rotatable bonds is 1. The van der Waals surface area contributed by atoms with E-state index in [2.05, 4.69) is 20.9 Å². The highest BCUT2D eigenvalue weighted by Crippen LogP contribution is 2.39. The molecule has 0 bridgehead atoms. The molecule has 4 nitrogen and oxygen atoms in total.